The lowest BCUT2D eigenvalue weighted by atomic mass is 10.0. The monoisotopic (exact) mass is 1230 g/mol. The molecule has 0 aromatic heterocycles. The van der Waals surface area contributed by atoms with Gasteiger partial charge in [-0.1, -0.05) is 48.5 Å². The number of urea groups is 1. The molecule has 0 radical (unpaired) electrons. The number of aliphatic carboxylic acids is 2. The molecule has 448 valence electrons. The second kappa shape index (κ2) is 30.0. The first-order valence-electron chi connectivity index (χ1n) is 24.7. The predicted molar refractivity (Wildman–Crippen MR) is 288 cm³/mol. The maximum atomic E-state index is 13.6. The van der Waals surface area contributed by atoms with E-state index in [9.17, 15) is 95.7 Å². The molecule has 0 fully saturated rings. The highest BCUT2D eigenvalue weighted by molar-refractivity contribution is 7.86. The van der Waals surface area contributed by atoms with E-state index in [4.69, 9.17) is 11.5 Å². The number of amides is 6. The summed E-state index contributed by atoms with van der Waals surface area (Å²) in [5.41, 5.74) is 13.5. The van der Waals surface area contributed by atoms with E-state index in [1.54, 1.807) is 0 Å². The van der Waals surface area contributed by atoms with E-state index in [1.165, 1.54) is 48.5 Å². The van der Waals surface area contributed by atoms with Crippen LogP contribution in [-0.2, 0) is 94.9 Å². The first-order chi connectivity index (χ1) is 38.2. The molecule has 6 atom stereocenters. The number of rotatable bonds is 32. The topological polar surface area (TPSA) is 502 Å². The number of nitrogens with two attached hydrogens (primary N) is 2. The van der Waals surface area contributed by atoms with E-state index in [0.29, 0.717) is 11.1 Å². The Hall–Kier alpha value is -7.47. The number of carboxylic acid groups (broad SMARTS) is 2. The van der Waals surface area contributed by atoms with Crippen molar-refractivity contribution < 1.29 is 95.7 Å². The Bertz CT molecular complexity index is 3150. The summed E-state index contributed by atoms with van der Waals surface area (Å²) in [6.45, 7) is 0.0260. The van der Waals surface area contributed by atoms with Crippen molar-refractivity contribution in [3.63, 3.8) is 0 Å². The van der Waals surface area contributed by atoms with Gasteiger partial charge >= 0.3 is 18.0 Å². The van der Waals surface area contributed by atoms with Gasteiger partial charge in [0.15, 0.2) is 0 Å². The molecule has 0 aliphatic rings. The molecule has 16 N–H and O–H groups in total. The van der Waals surface area contributed by atoms with Gasteiger partial charge in [0.1, 0.15) is 24.2 Å². The van der Waals surface area contributed by atoms with Crippen molar-refractivity contribution in [2.24, 2.45) is 11.5 Å². The van der Waals surface area contributed by atoms with Crippen molar-refractivity contribution in [1.29, 1.82) is 0 Å². The van der Waals surface area contributed by atoms with Crippen LogP contribution in [-0.4, -0.2) is 153 Å². The van der Waals surface area contributed by atoms with Crippen LogP contribution in [0, 0.1) is 0 Å². The van der Waals surface area contributed by atoms with Crippen molar-refractivity contribution in [2.75, 3.05) is 13.1 Å². The molecule has 4 rings (SSSR count). The standard InChI is InChI=1S/C49H62N8O21S4/c50-37(25-29-7-15-33(16-8-29)79(67,68)69)43(58)54-39(45(60)56-41(47(62)63)27-31-11-19-35(20-12-31)81(73,74)75)5-1-3-23-52-49(66)53-24-4-2-6-40(55-44(59)38(51)26-30-9-17-34(18-10-30)80(70,71)72)46(61)57-42(48(64)65)28-32-13-21-36(22-14-32)82(76,77)78/h7-22,37-42H,1-6,23-28,50-51H2,(H,54,58)(H,55,59)(H,56,60)(H,57,61)(H,62,63)(H,64,65)(H2,52,53,66)(H,67,68,69)(H,70,71,72)(H,73,74,75)(H,76,77,78). The van der Waals surface area contributed by atoms with Gasteiger partial charge in [0.05, 0.1) is 31.7 Å². The molecular weight excluding hydrogens is 1160 g/mol. The minimum atomic E-state index is -4.56. The summed E-state index contributed by atoms with van der Waals surface area (Å²) < 4.78 is 129. The minimum absolute atomic E-state index is 0.0130. The third-order valence-corrected chi connectivity index (χ3v) is 15.7. The fourth-order valence-corrected chi connectivity index (χ4v) is 9.73. The Labute approximate surface area is 471 Å². The first kappa shape index (κ1) is 67.0. The van der Waals surface area contributed by atoms with Crippen molar-refractivity contribution in [2.45, 2.75) is 120 Å². The molecule has 33 heteroatoms. The van der Waals surface area contributed by atoms with Crippen molar-refractivity contribution >= 4 is 82.1 Å². The highest BCUT2D eigenvalue weighted by Gasteiger charge is 2.31. The first-order valence-corrected chi connectivity index (χ1v) is 30.4. The molecule has 0 heterocycles. The number of hydrogen-bond donors (Lipinski definition) is 14. The third-order valence-electron chi connectivity index (χ3n) is 12.3. The molecule has 6 amide bonds. The maximum Gasteiger partial charge on any atom is 0.326 e. The second-order valence-electron chi connectivity index (χ2n) is 18.6. The Morgan fingerprint density at radius 3 is 0.854 bits per heavy atom. The SMILES string of the molecule is NC(Cc1ccc(S(=O)(=O)O)cc1)C(=O)NC(CCCCNC(=O)NCCCCC(NC(=O)C(N)Cc1ccc(S(=O)(=O)O)cc1)C(=O)NC(Cc1ccc(S(=O)(=O)O)cc1)C(=O)O)C(=O)NC(Cc1ccc(S(=O)(=O)O)cc1)C(=O)O. The van der Waals surface area contributed by atoms with Crippen LogP contribution in [0.1, 0.15) is 60.8 Å². The minimum Gasteiger partial charge on any atom is -0.480 e. The molecule has 0 aliphatic heterocycles. The van der Waals surface area contributed by atoms with Gasteiger partial charge in [0, 0.05) is 25.9 Å². The lowest BCUT2D eigenvalue weighted by Crippen LogP contribution is -2.55. The Balaban J connectivity index is 1.35. The lowest BCUT2D eigenvalue weighted by Gasteiger charge is -2.23. The zero-order valence-electron chi connectivity index (χ0n) is 43.3. The van der Waals surface area contributed by atoms with E-state index in [2.05, 4.69) is 31.9 Å². The Kier molecular flexibility index (Phi) is 24.5. The van der Waals surface area contributed by atoms with Gasteiger partial charge in [-0.05, 0) is 122 Å². The largest absolute Gasteiger partial charge is 0.480 e. The zero-order chi connectivity index (χ0) is 61.2. The summed E-state index contributed by atoms with van der Waals surface area (Å²) in [6, 6.07) is 9.30. The van der Waals surface area contributed by atoms with Crippen LogP contribution < -0.4 is 43.4 Å². The zero-order valence-corrected chi connectivity index (χ0v) is 46.5. The van der Waals surface area contributed by atoms with E-state index in [0.717, 1.165) is 48.5 Å². The summed E-state index contributed by atoms with van der Waals surface area (Å²) in [4.78, 5) is 89.5. The third kappa shape index (κ3) is 22.5. The summed E-state index contributed by atoms with van der Waals surface area (Å²) in [5, 5.41) is 34.8. The van der Waals surface area contributed by atoms with Gasteiger partial charge in [0.2, 0.25) is 23.6 Å². The fraction of sp³-hybridized carbons (Fsp3) is 0.367. The summed E-state index contributed by atoms with van der Waals surface area (Å²) in [6.07, 6.45) is -0.602. The average Bonchev–Trinajstić information content (AvgIpc) is 3.47. The van der Waals surface area contributed by atoms with Crippen LogP contribution in [0.3, 0.4) is 0 Å². The molecule has 0 aliphatic carbocycles. The maximum absolute atomic E-state index is 13.6. The number of unbranched alkanes of at least 4 members (excludes halogenated alkanes) is 2. The van der Waals surface area contributed by atoms with Gasteiger partial charge in [-0.3, -0.25) is 37.4 Å². The normalized spacial score (nSPS) is 14.1. The molecule has 6 unspecified atom stereocenters. The van der Waals surface area contributed by atoms with Crippen LogP contribution >= 0.6 is 0 Å². The van der Waals surface area contributed by atoms with E-state index < -0.39 is 138 Å². The highest BCUT2D eigenvalue weighted by Crippen LogP contribution is 2.17. The van der Waals surface area contributed by atoms with Crippen molar-refractivity contribution in [3.05, 3.63) is 119 Å². The summed E-state index contributed by atoms with van der Waals surface area (Å²) in [5.74, 6) is -6.61. The molecule has 0 saturated carbocycles. The quantitative estimate of drug-likeness (QED) is 0.0213. The summed E-state index contributed by atoms with van der Waals surface area (Å²) >= 11 is 0. The number of carbonyl (C=O) groups excluding carboxylic acids is 5. The van der Waals surface area contributed by atoms with Gasteiger partial charge in [-0.25, -0.2) is 14.4 Å². The van der Waals surface area contributed by atoms with Crippen LogP contribution in [0.25, 0.3) is 0 Å². The number of benzene rings is 4. The van der Waals surface area contributed by atoms with Crippen LogP contribution in [0.4, 0.5) is 4.79 Å². The number of hydrogen-bond acceptors (Lipinski definition) is 17. The number of carbonyl (C=O) groups is 7. The molecule has 82 heavy (non-hydrogen) atoms. The van der Waals surface area contributed by atoms with Crippen molar-refractivity contribution in [3.8, 4) is 0 Å². The lowest BCUT2D eigenvalue weighted by molar-refractivity contribution is -0.142. The van der Waals surface area contributed by atoms with Crippen LogP contribution in [0.15, 0.2) is 117 Å². The van der Waals surface area contributed by atoms with Crippen molar-refractivity contribution in [1.82, 2.24) is 31.9 Å². The van der Waals surface area contributed by atoms with E-state index in [1.807, 2.05) is 0 Å². The molecule has 0 saturated heterocycles. The highest BCUT2D eigenvalue weighted by atomic mass is 32.2. The fourth-order valence-electron chi connectivity index (χ4n) is 7.81. The van der Waals surface area contributed by atoms with Gasteiger partial charge in [0.25, 0.3) is 40.5 Å². The van der Waals surface area contributed by atoms with Gasteiger partial charge in [-0.2, -0.15) is 33.7 Å². The average molecular weight is 1230 g/mol. The van der Waals surface area contributed by atoms with E-state index in [-0.39, 0.29) is 88.4 Å². The van der Waals surface area contributed by atoms with E-state index >= 15 is 0 Å². The smallest absolute Gasteiger partial charge is 0.326 e. The predicted octanol–water partition coefficient (Wildman–Crippen LogP) is -0.653. The van der Waals surface area contributed by atoms with Crippen LogP contribution in [0.2, 0.25) is 0 Å². The molecule has 0 spiro atoms. The second-order valence-corrected chi connectivity index (χ2v) is 24.3. The number of carboxylic acids is 2. The molecule has 0 bridgehead atoms. The molecule has 29 nitrogen and oxygen atoms in total. The summed E-state index contributed by atoms with van der Waals surface area (Å²) in [7, 11) is -18.2. The number of nitrogens with one attached hydrogen (secondary N) is 6. The van der Waals surface area contributed by atoms with Gasteiger partial charge in [-0.15, -0.1) is 0 Å². The van der Waals surface area contributed by atoms with Gasteiger partial charge < -0.3 is 53.6 Å². The Morgan fingerprint density at radius 1 is 0.366 bits per heavy atom. The molecule has 4 aromatic rings. The van der Waals surface area contributed by atoms with Crippen LogP contribution in [0.5, 0.6) is 0 Å². The molecule has 4 aromatic carbocycles. The molecular formula is C49H62N8O21S4. The Morgan fingerprint density at radius 2 is 0.610 bits per heavy atom.